The van der Waals surface area contributed by atoms with Crippen LogP contribution in [0.3, 0.4) is 0 Å². The van der Waals surface area contributed by atoms with Crippen molar-refractivity contribution in [3.8, 4) is 0 Å². The van der Waals surface area contributed by atoms with Gasteiger partial charge in [0.15, 0.2) is 0 Å². The number of aliphatic hydroxyl groups is 1. The Kier molecular flexibility index (Phi) is 7.51. The van der Waals surface area contributed by atoms with Gasteiger partial charge >= 0.3 is 0 Å². The molecule has 1 aliphatic heterocycles. The molecule has 2 aliphatic rings. The average molecular weight is 296 g/mol. The van der Waals surface area contributed by atoms with E-state index in [2.05, 4.69) is 10.2 Å². The van der Waals surface area contributed by atoms with E-state index in [1.807, 2.05) is 0 Å². The molecular formula is C17H32N2O2. The average Bonchev–Trinajstić information content (AvgIpc) is 2.53. The Morgan fingerprint density at radius 1 is 1.05 bits per heavy atom. The fourth-order valence-electron chi connectivity index (χ4n) is 3.71. The van der Waals surface area contributed by atoms with Crippen LogP contribution in [0, 0.1) is 11.8 Å². The topological polar surface area (TPSA) is 52.6 Å². The number of carbonyl (C=O) groups is 1. The van der Waals surface area contributed by atoms with Gasteiger partial charge in [0.1, 0.15) is 0 Å². The van der Waals surface area contributed by atoms with Crippen LogP contribution in [0.15, 0.2) is 0 Å². The van der Waals surface area contributed by atoms with E-state index < -0.39 is 0 Å². The molecule has 0 aromatic carbocycles. The lowest BCUT2D eigenvalue weighted by Gasteiger charge is -2.31. The molecule has 21 heavy (non-hydrogen) atoms. The van der Waals surface area contributed by atoms with E-state index in [9.17, 15) is 4.79 Å². The first-order valence-corrected chi connectivity index (χ1v) is 8.88. The Labute approximate surface area is 129 Å². The second-order valence-corrected chi connectivity index (χ2v) is 6.86. The number of hydrogen-bond acceptors (Lipinski definition) is 3. The van der Waals surface area contributed by atoms with Crippen LogP contribution in [-0.2, 0) is 4.79 Å². The van der Waals surface area contributed by atoms with Gasteiger partial charge in [0, 0.05) is 19.5 Å². The van der Waals surface area contributed by atoms with Crippen molar-refractivity contribution >= 4 is 5.91 Å². The van der Waals surface area contributed by atoms with Crippen molar-refractivity contribution in [2.75, 3.05) is 32.8 Å². The summed E-state index contributed by atoms with van der Waals surface area (Å²) in [6.45, 7) is 4.01. The molecular weight excluding hydrogens is 264 g/mol. The molecule has 4 heteroatoms. The largest absolute Gasteiger partial charge is 0.395 e. The lowest BCUT2D eigenvalue weighted by molar-refractivity contribution is -0.121. The minimum Gasteiger partial charge on any atom is -0.395 e. The van der Waals surface area contributed by atoms with Crippen molar-refractivity contribution < 1.29 is 9.90 Å². The summed E-state index contributed by atoms with van der Waals surface area (Å²) in [4.78, 5) is 14.2. The first-order valence-electron chi connectivity index (χ1n) is 8.88. The third-order valence-corrected chi connectivity index (χ3v) is 5.22. The van der Waals surface area contributed by atoms with Crippen LogP contribution in [-0.4, -0.2) is 48.7 Å². The maximum Gasteiger partial charge on any atom is 0.220 e. The molecule has 1 aliphatic carbocycles. The molecule has 0 atom stereocenters. The third kappa shape index (κ3) is 6.35. The second-order valence-electron chi connectivity index (χ2n) is 6.86. The number of carbonyl (C=O) groups excluding carboxylic acids is 1. The van der Waals surface area contributed by atoms with Crippen molar-refractivity contribution in [2.45, 2.75) is 57.8 Å². The summed E-state index contributed by atoms with van der Waals surface area (Å²) < 4.78 is 0. The van der Waals surface area contributed by atoms with Gasteiger partial charge in [0.05, 0.1) is 6.61 Å². The summed E-state index contributed by atoms with van der Waals surface area (Å²) in [5.74, 6) is 1.67. The summed E-state index contributed by atoms with van der Waals surface area (Å²) in [5.41, 5.74) is 0. The van der Waals surface area contributed by atoms with Gasteiger partial charge in [-0.05, 0) is 44.2 Å². The molecule has 1 saturated heterocycles. The second kappa shape index (κ2) is 9.42. The van der Waals surface area contributed by atoms with Crippen LogP contribution in [0.4, 0.5) is 0 Å². The summed E-state index contributed by atoms with van der Waals surface area (Å²) in [6.07, 6.45) is 10.9. The highest BCUT2D eigenvalue weighted by atomic mass is 16.3. The van der Waals surface area contributed by atoms with Gasteiger partial charge in [0.2, 0.25) is 5.91 Å². The standard InChI is InChI=1S/C17H32N2O2/c20-13-12-19-10-8-16(9-11-19)14-18-17(21)7-6-15-4-2-1-3-5-15/h15-16,20H,1-14H2,(H,18,21). The Bertz CT molecular complexity index is 295. The SMILES string of the molecule is O=C(CCC1CCCCC1)NCC1CCN(CCO)CC1. The summed E-state index contributed by atoms with van der Waals surface area (Å²) in [7, 11) is 0. The fraction of sp³-hybridized carbons (Fsp3) is 0.941. The zero-order valence-electron chi connectivity index (χ0n) is 13.4. The molecule has 0 spiro atoms. The van der Waals surface area contributed by atoms with Gasteiger partial charge in [-0.1, -0.05) is 32.1 Å². The predicted octanol–water partition coefficient (Wildman–Crippen LogP) is 2.17. The van der Waals surface area contributed by atoms with Crippen molar-refractivity contribution in [3.05, 3.63) is 0 Å². The number of amides is 1. The molecule has 1 amide bonds. The van der Waals surface area contributed by atoms with Gasteiger partial charge in [-0.3, -0.25) is 4.79 Å². The number of likely N-dealkylation sites (tertiary alicyclic amines) is 1. The molecule has 2 N–H and O–H groups in total. The predicted molar refractivity (Wildman–Crippen MR) is 85.1 cm³/mol. The van der Waals surface area contributed by atoms with Crippen LogP contribution in [0.1, 0.15) is 57.8 Å². The molecule has 0 aromatic rings. The van der Waals surface area contributed by atoms with Gasteiger partial charge < -0.3 is 15.3 Å². The Hall–Kier alpha value is -0.610. The van der Waals surface area contributed by atoms with Crippen molar-refractivity contribution in [1.29, 1.82) is 0 Å². The number of piperidine rings is 1. The first-order chi connectivity index (χ1) is 10.3. The van der Waals surface area contributed by atoms with Crippen LogP contribution in [0.25, 0.3) is 0 Å². The number of nitrogens with one attached hydrogen (secondary N) is 1. The van der Waals surface area contributed by atoms with E-state index in [4.69, 9.17) is 5.11 Å². The zero-order valence-corrected chi connectivity index (χ0v) is 13.4. The summed E-state index contributed by atoms with van der Waals surface area (Å²) >= 11 is 0. The quantitative estimate of drug-likeness (QED) is 0.757. The summed E-state index contributed by atoms with van der Waals surface area (Å²) in [5, 5.41) is 12.1. The number of aliphatic hydroxyl groups excluding tert-OH is 1. The van der Waals surface area contributed by atoms with Crippen LogP contribution in [0.5, 0.6) is 0 Å². The van der Waals surface area contributed by atoms with Crippen LogP contribution in [0.2, 0.25) is 0 Å². The highest BCUT2D eigenvalue weighted by molar-refractivity contribution is 5.75. The van der Waals surface area contributed by atoms with Crippen molar-refractivity contribution in [2.24, 2.45) is 11.8 Å². The van der Waals surface area contributed by atoms with E-state index in [-0.39, 0.29) is 12.5 Å². The zero-order chi connectivity index (χ0) is 14.9. The lowest BCUT2D eigenvalue weighted by atomic mass is 9.86. The fourth-order valence-corrected chi connectivity index (χ4v) is 3.71. The maximum atomic E-state index is 11.9. The van der Waals surface area contributed by atoms with E-state index in [0.29, 0.717) is 12.3 Å². The molecule has 4 nitrogen and oxygen atoms in total. The summed E-state index contributed by atoms with van der Waals surface area (Å²) in [6, 6.07) is 0. The maximum absolute atomic E-state index is 11.9. The molecule has 0 radical (unpaired) electrons. The Morgan fingerprint density at radius 3 is 2.43 bits per heavy atom. The number of rotatable bonds is 7. The molecule has 0 aromatic heterocycles. The van der Waals surface area contributed by atoms with Gasteiger partial charge in [0.25, 0.3) is 0 Å². The lowest BCUT2D eigenvalue weighted by Crippen LogP contribution is -2.39. The monoisotopic (exact) mass is 296 g/mol. The first kappa shape index (κ1) is 16.8. The van der Waals surface area contributed by atoms with Crippen LogP contribution >= 0.6 is 0 Å². The Morgan fingerprint density at radius 2 is 1.76 bits per heavy atom. The number of nitrogens with zero attached hydrogens (tertiary/aromatic N) is 1. The number of β-amino-alcohol motifs (C(OH)–C–C–N with tert-alkyl or cyclic N) is 1. The molecule has 2 fully saturated rings. The van der Waals surface area contributed by atoms with E-state index >= 15 is 0 Å². The van der Waals surface area contributed by atoms with Gasteiger partial charge in [-0.2, -0.15) is 0 Å². The minimum atomic E-state index is 0.248. The molecule has 1 saturated carbocycles. The number of hydrogen-bond donors (Lipinski definition) is 2. The third-order valence-electron chi connectivity index (χ3n) is 5.22. The van der Waals surface area contributed by atoms with E-state index in [1.165, 1.54) is 32.1 Å². The Balaban J connectivity index is 1.52. The van der Waals surface area contributed by atoms with Crippen molar-refractivity contribution in [3.63, 3.8) is 0 Å². The van der Waals surface area contributed by atoms with E-state index in [0.717, 1.165) is 51.4 Å². The highest BCUT2D eigenvalue weighted by Crippen LogP contribution is 2.27. The molecule has 122 valence electrons. The molecule has 2 rings (SSSR count). The van der Waals surface area contributed by atoms with Gasteiger partial charge in [-0.15, -0.1) is 0 Å². The van der Waals surface area contributed by atoms with E-state index in [1.54, 1.807) is 0 Å². The normalized spacial score (nSPS) is 22.3. The molecule has 1 heterocycles. The van der Waals surface area contributed by atoms with Crippen LogP contribution < -0.4 is 5.32 Å². The molecule has 0 bridgehead atoms. The molecule has 0 unspecified atom stereocenters. The van der Waals surface area contributed by atoms with Gasteiger partial charge in [-0.25, -0.2) is 0 Å². The minimum absolute atomic E-state index is 0.248. The highest BCUT2D eigenvalue weighted by Gasteiger charge is 2.19. The van der Waals surface area contributed by atoms with Crippen molar-refractivity contribution in [1.82, 2.24) is 10.2 Å². The smallest absolute Gasteiger partial charge is 0.220 e.